The quantitative estimate of drug-likeness (QED) is 0.775. The lowest BCUT2D eigenvalue weighted by Gasteiger charge is -2.18. The van der Waals surface area contributed by atoms with Crippen molar-refractivity contribution in [3.05, 3.63) is 29.0 Å². The Labute approximate surface area is 95.0 Å². The van der Waals surface area contributed by atoms with Crippen molar-refractivity contribution in [3.8, 4) is 0 Å². The second-order valence-corrected chi connectivity index (χ2v) is 4.21. The maximum Gasteiger partial charge on any atom is 0.0685 e. The summed E-state index contributed by atoms with van der Waals surface area (Å²) in [4.78, 5) is 9.67. The smallest absolute Gasteiger partial charge is 0.0685 e. The molecule has 82 valence electrons. The third-order valence-corrected chi connectivity index (χ3v) is 2.65. The average Bonchev–Trinajstić information content (AvgIpc) is 2.46. The van der Waals surface area contributed by atoms with E-state index in [2.05, 4.69) is 4.98 Å². The molecule has 2 heterocycles. The standard InChI is InChI=1S/C11H15ClN2O/c12-11-6-10(7-13-8-11)9-14-4-2-1-3-5-15-14/h6-8H,1-5,9H2. The molecule has 2 rings (SSSR count). The van der Waals surface area contributed by atoms with E-state index < -0.39 is 0 Å². The highest BCUT2D eigenvalue weighted by molar-refractivity contribution is 6.30. The van der Waals surface area contributed by atoms with E-state index in [1.165, 1.54) is 12.8 Å². The number of hydroxylamine groups is 2. The van der Waals surface area contributed by atoms with E-state index in [-0.39, 0.29) is 0 Å². The second-order valence-electron chi connectivity index (χ2n) is 3.77. The molecule has 0 aromatic carbocycles. The molecule has 3 nitrogen and oxygen atoms in total. The predicted molar refractivity (Wildman–Crippen MR) is 59.5 cm³/mol. The van der Waals surface area contributed by atoms with E-state index in [4.69, 9.17) is 16.4 Å². The molecule has 0 amide bonds. The Morgan fingerprint density at radius 2 is 2.27 bits per heavy atom. The fourth-order valence-electron chi connectivity index (χ4n) is 1.70. The molecule has 1 aliphatic rings. The summed E-state index contributed by atoms with van der Waals surface area (Å²) in [6.07, 6.45) is 7.09. The van der Waals surface area contributed by atoms with Gasteiger partial charge >= 0.3 is 0 Å². The molecule has 0 bridgehead atoms. The van der Waals surface area contributed by atoms with Crippen LogP contribution in [-0.4, -0.2) is 23.2 Å². The molecule has 4 heteroatoms. The van der Waals surface area contributed by atoms with E-state index in [0.29, 0.717) is 5.02 Å². The van der Waals surface area contributed by atoms with Crippen LogP contribution in [0.3, 0.4) is 0 Å². The summed E-state index contributed by atoms with van der Waals surface area (Å²) >= 11 is 5.87. The highest BCUT2D eigenvalue weighted by Gasteiger charge is 2.10. The molecule has 0 spiro atoms. The van der Waals surface area contributed by atoms with Gasteiger partial charge in [-0.2, -0.15) is 5.06 Å². The summed E-state index contributed by atoms with van der Waals surface area (Å²) in [5.41, 5.74) is 1.10. The first kappa shape index (κ1) is 10.9. The molecule has 1 aliphatic heterocycles. The van der Waals surface area contributed by atoms with Crippen molar-refractivity contribution in [2.45, 2.75) is 25.8 Å². The first-order chi connectivity index (χ1) is 7.34. The number of aromatic nitrogens is 1. The van der Waals surface area contributed by atoms with Gasteiger partial charge in [0.2, 0.25) is 0 Å². The van der Waals surface area contributed by atoms with E-state index in [1.54, 1.807) is 6.20 Å². The zero-order chi connectivity index (χ0) is 10.5. The van der Waals surface area contributed by atoms with Crippen LogP contribution >= 0.6 is 11.6 Å². The van der Waals surface area contributed by atoms with E-state index >= 15 is 0 Å². The van der Waals surface area contributed by atoms with Crippen LogP contribution in [0, 0.1) is 0 Å². The molecule has 1 aromatic rings. The van der Waals surface area contributed by atoms with Gasteiger partial charge in [-0.1, -0.05) is 11.6 Å². The lowest BCUT2D eigenvalue weighted by atomic mass is 10.2. The number of nitrogens with zero attached hydrogens (tertiary/aromatic N) is 2. The van der Waals surface area contributed by atoms with Gasteiger partial charge in [0.1, 0.15) is 0 Å². The number of hydrogen-bond acceptors (Lipinski definition) is 3. The average molecular weight is 227 g/mol. The Bertz CT molecular complexity index is 311. The zero-order valence-electron chi connectivity index (χ0n) is 8.66. The van der Waals surface area contributed by atoms with Crippen LogP contribution < -0.4 is 0 Å². The molecule has 1 saturated heterocycles. The van der Waals surface area contributed by atoms with Crippen molar-refractivity contribution >= 4 is 11.6 Å². The van der Waals surface area contributed by atoms with E-state index in [1.807, 2.05) is 17.3 Å². The van der Waals surface area contributed by atoms with Gasteiger partial charge in [0.15, 0.2) is 0 Å². The molecule has 15 heavy (non-hydrogen) atoms. The molecular formula is C11H15ClN2O. The van der Waals surface area contributed by atoms with Gasteiger partial charge in [-0.05, 0) is 30.9 Å². The monoisotopic (exact) mass is 226 g/mol. The van der Waals surface area contributed by atoms with Crippen LogP contribution in [-0.2, 0) is 11.4 Å². The number of hydrogen-bond donors (Lipinski definition) is 0. The van der Waals surface area contributed by atoms with Crippen molar-refractivity contribution < 1.29 is 4.84 Å². The Balaban J connectivity index is 1.95. The molecule has 1 fully saturated rings. The maximum absolute atomic E-state index is 5.87. The van der Waals surface area contributed by atoms with Gasteiger partial charge in [0, 0.05) is 18.9 Å². The number of rotatable bonds is 2. The molecule has 1 aromatic heterocycles. The van der Waals surface area contributed by atoms with Gasteiger partial charge < -0.3 is 0 Å². The predicted octanol–water partition coefficient (Wildman–Crippen LogP) is 2.65. The topological polar surface area (TPSA) is 25.4 Å². The minimum Gasteiger partial charge on any atom is -0.299 e. The van der Waals surface area contributed by atoms with Crippen LogP contribution in [0.5, 0.6) is 0 Å². The molecule has 0 radical (unpaired) electrons. The van der Waals surface area contributed by atoms with Gasteiger partial charge in [-0.25, -0.2) is 0 Å². The Kier molecular flexibility index (Phi) is 3.94. The van der Waals surface area contributed by atoms with Crippen molar-refractivity contribution in [3.63, 3.8) is 0 Å². The van der Waals surface area contributed by atoms with Crippen molar-refractivity contribution in [1.29, 1.82) is 0 Å². The molecular weight excluding hydrogens is 212 g/mol. The summed E-state index contributed by atoms with van der Waals surface area (Å²) in [7, 11) is 0. The third kappa shape index (κ3) is 3.45. The summed E-state index contributed by atoms with van der Waals surface area (Å²) in [6.45, 7) is 2.59. The Morgan fingerprint density at radius 3 is 3.13 bits per heavy atom. The lowest BCUT2D eigenvalue weighted by molar-refractivity contribution is -0.158. The van der Waals surface area contributed by atoms with Gasteiger partial charge in [-0.3, -0.25) is 9.82 Å². The van der Waals surface area contributed by atoms with Crippen LogP contribution in [0.4, 0.5) is 0 Å². The maximum atomic E-state index is 5.87. The van der Waals surface area contributed by atoms with Crippen LogP contribution in [0.2, 0.25) is 5.02 Å². The summed E-state index contributed by atoms with van der Waals surface area (Å²) in [6, 6.07) is 1.93. The summed E-state index contributed by atoms with van der Waals surface area (Å²) in [5, 5.41) is 2.68. The molecule has 0 saturated carbocycles. The summed E-state index contributed by atoms with van der Waals surface area (Å²) < 4.78 is 0. The second kappa shape index (κ2) is 5.45. The minimum atomic E-state index is 0.683. The first-order valence-corrected chi connectivity index (χ1v) is 5.70. The third-order valence-electron chi connectivity index (χ3n) is 2.45. The van der Waals surface area contributed by atoms with E-state index in [0.717, 1.165) is 31.7 Å². The first-order valence-electron chi connectivity index (χ1n) is 5.32. The molecule has 0 unspecified atom stereocenters. The van der Waals surface area contributed by atoms with Crippen LogP contribution in [0.15, 0.2) is 18.5 Å². The van der Waals surface area contributed by atoms with Crippen molar-refractivity contribution in [2.24, 2.45) is 0 Å². The van der Waals surface area contributed by atoms with E-state index in [9.17, 15) is 0 Å². The Morgan fingerprint density at radius 1 is 1.33 bits per heavy atom. The van der Waals surface area contributed by atoms with Gasteiger partial charge in [-0.15, -0.1) is 0 Å². The van der Waals surface area contributed by atoms with Crippen LogP contribution in [0.1, 0.15) is 24.8 Å². The number of pyridine rings is 1. The van der Waals surface area contributed by atoms with Gasteiger partial charge in [0.25, 0.3) is 0 Å². The van der Waals surface area contributed by atoms with Crippen molar-refractivity contribution in [2.75, 3.05) is 13.2 Å². The molecule has 0 aliphatic carbocycles. The zero-order valence-corrected chi connectivity index (χ0v) is 9.41. The fourth-order valence-corrected chi connectivity index (χ4v) is 1.89. The molecule has 0 atom stereocenters. The normalized spacial score (nSPS) is 18.7. The SMILES string of the molecule is Clc1cncc(CN2CCCCCO2)c1. The fraction of sp³-hybridized carbons (Fsp3) is 0.545. The van der Waals surface area contributed by atoms with Crippen LogP contribution in [0.25, 0.3) is 0 Å². The number of halogens is 1. The minimum absolute atomic E-state index is 0.683. The van der Waals surface area contributed by atoms with Gasteiger partial charge in [0.05, 0.1) is 18.2 Å². The Hall–Kier alpha value is -0.640. The van der Waals surface area contributed by atoms with Crippen molar-refractivity contribution in [1.82, 2.24) is 10.0 Å². The highest BCUT2D eigenvalue weighted by Crippen LogP contribution is 2.13. The molecule has 0 N–H and O–H groups in total. The highest BCUT2D eigenvalue weighted by atomic mass is 35.5. The largest absolute Gasteiger partial charge is 0.299 e. The summed E-state index contributed by atoms with van der Waals surface area (Å²) in [5.74, 6) is 0. The lowest BCUT2D eigenvalue weighted by Crippen LogP contribution is -2.23.